The van der Waals surface area contributed by atoms with Gasteiger partial charge in [0.2, 0.25) is 11.8 Å². The van der Waals surface area contributed by atoms with Crippen molar-refractivity contribution in [2.75, 3.05) is 19.1 Å². The van der Waals surface area contributed by atoms with E-state index in [0.717, 1.165) is 11.1 Å². The van der Waals surface area contributed by atoms with Crippen LogP contribution in [0.3, 0.4) is 0 Å². The highest BCUT2D eigenvalue weighted by molar-refractivity contribution is 6.02. The summed E-state index contributed by atoms with van der Waals surface area (Å²) in [6, 6.07) is 19.1. The number of amides is 2. The monoisotopic (exact) mass is 529 g/mol. The van der Waals surface area contributed by atoms with Gasteiger partial charge in [0.05, 0.1) is 19.7 Å². The lowest BCUT2D eigenvalue weighted by atomic mass is 9.97. The number of fused-ring (bicyclic) bond motifs is 1. The van der Waals surface area contributed by atoms with Gasteiger partial charge in [0.1, 0.15) is 29.6 Å². The van der Waals surface area contributed by atoms with Crippen LogP contribution in [-0.4, -0.2) is 46.6 Å². The molecule has 0 spiro atoms. The third kappa shape index (κ3) is 5.87. The number of anilines is 1. The Morgan fingerprint density at radius 2 is 1.74 bits per heavy atom. The van der Waals surface area contributed by atoms with Crippen LogP contribution in [0.4, 0.5) is 5.69 Å². The molecule has 39 heavy (non-hydrogen) atoms. The Bertz CT molecular complexity index is 1480. The number of aromatic nitrogens is 3. The number of nitrogens with one attached hydrogen (secondary N) is 1. The molecule has 0 saturated heterocycles. The molecule has 9 nitrogen and oxygen atoms in total. The first-order valence-corrected chi connectivity index (χ1v) is 12.9. The minimum atomic E-state index is -1.04. The topological polar surface area (TPSA) is 98.6 Å². The van der Waals surface area contributed by atoms with E-state index in [1.54, 1.807) is 30.0 Å². The SMILES string of the molecule is CCC(C)(C)NC(=O)C(c1ccc(OC)cc1OC)N(C(=O)Cn1nnc2ccccc21)c1ccccc1C. The first-order valence-electron chi connectivity index (χ1n) is 12.9. The second-order valence-electron chi connectivity index (χ2n) is 10.0. The van der Waals surface area contributed by atoms with Crippen molar-refractivity contribution >= 4 is 28.5 Å². The van der Waals surface area contributed by atoms with Gasteiger partial charge in [0.25, 0.3) is 0 Å². The fourth-order valence-corrected chi connectivity index (χ4v) is 4.42. The number of hydrogen-bond donors (Lipinski definition) is 1. The highest BCUT2D eigenvalue weighted by Gasteiger charge is 2.37. The number of hydrogen-bond acceptors (Lipinski definition) is 6. The lowest BCUT2D eigenvalue weighted by Crippen LogP contribution is -2.51. The Hall–Kier alpha value is -4.40. The first-order chi connectivity index (χ1) is 18.7. The number of rotatable bonds is 10. The van der Waals surface area contributed by atoms with Gasteiger partial charge in [-0.05, 0) is 63.1 Å². The van der Waals surface area contributed by atoms with E-state index in [1.807, 2.05) is 76.2 Å². The Labute approximate surface area is 228 Å². The van der Waals surface area contributed by atoms with E-state index in [-0.39, 0.29) is 18.4 Å². The number of nitrogens with zero attached hydrogens (tertiary/aromatic N) is 4. The van der Waals surface area contributed by atoms with Crippen LogP contribution in [0.2, 0.25) is 0 Å². The van der Waals surface area contributed by atoms with Gasteiger partial charge in [-0.3, -0.25) is 14.5 Å². The summed E-state index contributed by atoms with van der Waals surface area (Å²) in [4.78, 5) is 30.0. The molecule has 0 saturated carbocycles. The zero-order valence-corrected chi connectivity index (χ0v) is 23.3. The maximum Gasteiger partial charge on any atom is 0.249 e. The Balaban J connectivity index is 1.89. The van der Waals surface area contributed by atoms with Gasteiger partial charge in [-0.1, -0.05) is 42.5 Å². The van der Waals surface area contributed by atoms with Crippen LogP contribution in [0, 0.1) is 6.92 Å². The molecule has 3 aromatic carbocycles. The summed E-state index contributed by atoms with van der Waals surface area (Å²) >= 11 is 0. The van der Waals surface area contributed by atoms with Crippen molar-refractivity contribution in [3.05, 3.63) is 77.9 Å². The fourth-order valence-electron chi connectivity index (χ4n) is 4.42. The third-order valence-corrected chi connectivity index (χ3v) is 6.94. The predicted octanol–water partition coefficient (Wildman–Crippen LogP) is 4.84. The molecule has 9 heteroatoms. The van der Waals surface area contributed by atoms with E-state index < -0.39 is 11.6 Å². The molecule has 0 fully saturated rings. The van der Waals surface area contributed by atoms with Gasteiger partial charge in [-0.2, -0.15) is 0 Å². The zero-order valence-electron chi connectivity index (χ0n) is 23.3. The number of aryl methyl sites for hydroxylation is 1. The zero-order chi connectivity index (χ0) is 28.2. The molecule has 0 bridgehead atoms. The molecule has 4 rings (SSSR count). The second kappa shape index (κ2) is 11.6. The Morgan fingerprint density at radius 3 is 2.44 bits per heavy atom. The summed E-state index contributed by atoms with van der Waals surface area (Å²) in [7, 11) is 3.10. The lowest BCUT2D eigenvalue weighted by Gasteiger charge is -2.35. The molecular weight excluding hydrogens is 494 g/mol. The number of carbonyl (C=O) groups is 2. The van der Waals surface area contributed by atoms with E-state index in [4.69, 9.17) is 9.47 Å². The molecule has 1 atom stereocenters. The maximum absolute atomic E-state index is 14.3. The van der Waals surface area contributed by atoms with E-state index in [9.17, 15) is 9.59 Å². The summed E-state index contributed by atoms with van der Waals surface area (Å²) < 4.78 is 12.7. The van der Waals surface area contributed by atoms with Crippen LogP contribution in [-0.2, 0) is 16.1 Å². The van der Waals surface area contributed by atoms with Crippen LogP contribution >= 0.6 is 0 Å². The third-order valence-electron chi connectivity index (χ3n) is 6.94. The number of para-hydroxylation sites is 2. The molecule has 1 N–H and O–H groups in total. The summed E-state index contributed by atoms with van der Waals surface area (Å²) in [5.41, 5.74) is 2.89. The predicted molar refractivity (Wildman–Crippen MR) is 151 cm³/mol. The molecule has 204 valence electrons. The van der Waals surface area contributed by atoms with E-state index in [2.05, 4.69) is 15.6 Å². The van der Waals surface area contributed by atoms with Gasteiger partial charge in [-0.15, -0.1) is 5.10 Å². The minimum absolute atomic E-state index is 0.117. The first kappa shape index (κ1) is 27.6. The highest BCUT2D eigenvalue weighted by Crippen LogP contribution is 2.37. The number of methoxy groups -OCH3 is 2. The second-order valence-corrected chi connectivity index (χ2v) is 10.0. The van der Waals surface area contributed by atoms with Crippen molar-refractivity contribution in [2.45, 2.75) is 52.2 Å². The van der Waals surface area contributed by atoms with Crippen LogP contribution in [0.5, 0.6) is 11.5 Å². The minimum Gasteiger partial charge on any atom is -0.497 e. The smallest absolute Gasteiger partial charge is 0.249 e. The largest absolute Gasteiger partial charge is 0.497 e. The van der Waals surface area contributed by atoms with Crippen LogP contribution < -0.4 is 19.7 Å². The van der Waals surface area contributed by atoms with Crippen molar-refractivity contribution in [3.8, 4) is 11.5 Å². The molecule has 2 amide bonds. The lowest BCUT2D eigenvalue weighted by molar-refractivity contribution is -0.128. The van der Waals surface area contributed by atoms with Crippen molar-refractivity contribution in [1.82, 2.24) is 20.3 Å². The van der Waals surface area contributed by atoms with Crippen molar-refractivity contribution in [1.29, 1.82) is 0 Å². The van der Waals surface area contributed by atoms with Crippen LogP contribution in [0.1, 0.15) is 44.4 Å². The standard InChI is InChI=1S/C30H35N5O4/c1-7-30(3,4)31-29(37)28(22-17-16-21(38-5)18-26(22)39-6)35(24-14-10-8-12-20(24)2)27(36)19-34-25-15-11-9-13-23(25)32-33-34/h8-18,28H,7,19H2,1-6H3,(H,31,37). The molecule has 0 radical (unpaired) electrons. The molecule has 1 unspecified atom stereocenters. The number of benzene rings is 3. The summed E-state index contributed by atoms with van der Waals surface area (Å²) in [6.07, 6.45) is 0.703. The van der Waals surface area contributed by atoms with Gasteiger partial charge >= 0.3 is 0 Å². The van der Waals surface area contributed by atoms with Gasteiger partial charge in [-0.25, -0.2) is 4.68 Å². The quantitative estimate of drug-likeness (QED) is 0.316. The summed E-state index contributed by atoms with van der Waals surface area (Å²) in [5.74, 6) is 0.352. The number of ether oxygens (including phenoxy) is 2. The Kier molecular flexibility index (Phi) is 8.18. The highest BCUT2D eigenvalue weighted by atomic mass is 16.5. The molecule has 1 heterocycles. The van der Waals surface area contributed by atoms with E-state index in [0.29, 0.717) is 34.7 Å². The molecule has 0 aliphatic rings. The fraction of sp³-hybridized carbons (Fsp3) is 0.333. The van der Waals surface area contributed by atoms with Gasteiger partial charge in [0, 0.05) is 22.9 Å². The van der Waals surface area contributed by atoms with Crippen LogP contribution in [0.15, 0.2) is 66.7 Å². The van der Waals surface area contributed by atoms with Crippen LogP contribution in [0.25, 0.3) is 11.0 Å². The molecular formula is C30H35N5O4. The summed E-state index contributed by atoms with van der Waals surface area (Å²) in [5, 5.41) is 11.6. The normalized spacial score (nSPS) is 12.2. The van der Waals surface area contributed by atoms with Gasteiger partial charge < -0.3 is 14.8 Å². The van der Waals surface area contributed by atoms with Crippen molar-refractivity contribution < 1.29 is 19.1 Å². The number of carbonyl (C=O) groups excluding carboxylic acids is 2. The average Bonchev–Trinajstić information content (AvgIpc) is 3.34. The van der Waals surface area contributed by atoms with Gasteiger partial charge in [0.15, 0.2) is 0 Å². The average molecular weight is 530 g/mol. The summed E-state index contributed by atoms with van der Waals surface area (Å²) in [6.45, 7) is 7.71. The molecule has 4 aromatic rings. The molecule has 1 aromatic heterocycles. The molecule has 0 aliphatic carbocycles. The maximum atomic E-state index is 14.3. The molecule has 0 aliphatic heterocycles. The van der Waals surface area contributed by atoms with E-state index >= 15 is 0 Å². The van der Waals surface area contributed by atoms with Crippen molar-refractivity contribution in [2.24, 2.45) is 0 Å². The van der Waals surface area contributed by atoms with Crippen molar-refractivity contribution in [3.63, 3.8) is 0 Å². The Morgan fingerprint density at radius 1 is 1.03 bits per heavy atom. The van der Waals surface area contributed by atoms with E-state index in [1.165, 1.54) is 12.0 Å².